The highest BCUT2D eigenvalue weighted by atomic mass is 32.1. The minimum absolute atomic E-state index is 0.0480. The molecule has 0 fully saturated rings. The third kappa shape index (κ3) is 2.82. The summed E-state index contributed by atoms with van der Waals surface area (Å²) in [6.45, 7) is 6.27. The molecule has 2 aromatic rings. The average Bonchev–Trinajstić information content (AvgIpc) is 2.67. The van der Waals surface area contributed by atoms with Gasteiger partial charge in [-0.05, 0) is 31.9 Å². The molecule has 106 valence electrons. The molecular formula is C15H17NO3S. The van der Waals surface area contributed by atoms with E-state index in [1.165, 1.54) is 5.56 Å². The van der Waals surface area contributed by atoms with Crippen LogP contribution in [0.25, 0.3) is 11.3 Å². The molecule has 0 aliphatic heterocycles. The van der Waals surface area contributed by atoms with Crippen molar-refractivity contribution < 1.29 is 9.90 Å². The van der Waals surface area contributed by atoms with Gasteiger partial charge in [0.15, 0.2) is 0 Å². The molecule has 20 heavy (non-hydrogen) atoms. The van der Waals surface area contributed by atoms with Crippen LogP contribution in [-0.2, 0) is 11.3 Å². The van der Waals surface area contributed by atoms with E-state index in [9.17, 15) is 9.59 Å². The van der Waals surface area contributed by atoms with Gasteiger partial charge in [-0.15, -0.1) is 0 Å². The van der Waals surface area contributed by atoms with Crippen LogP contribution in [0.3, 0.4) is 0 Å². The first kappa shape index (κ1) is 14.5. The van der Waals surface area contributed by atoms with Gasteiger partial charge in [-0.3, -0.25) is 14.2 Å². The smallest absolute Gasteiger partial charge is 0.307 e. The predicted octanol–water partition coefficient (Wildman–Crippen LogP) is 2.98. The van der Waals surface area contributed by atoms with E-state index in [4.69, 9.17) is 5.11 Å². The number of hydrogen-bond donors (Lipinski definition) is 1. The van der Waals surface area contributed by atoms with Crippen molar-refractivity contribution in [1.82, 2.24) is 4.57 Å². The van der Waals surface area contributed by atoms with Crippen LogP contribution in [0.15, 0.2) is 22.3 Å². The van der Waals surface area contributed by atoms with E-state index in [1.807, 2.05) is 26.2 Å². The standard InChI is InChI=1S/C15H17NO3S/c1-9-6-10(2)14(11(3)7-9)12-8-20-15(19)16(12)5-4-13(17)18/h6-8H,4-5H2,1-3H3,(H,17,18). The summed E-state index contributed by atoms with van der Waals surface area (Å²) >= 11 is 1.11. The lowest BCUT2D eigenvalue weighted by Crippen LogP contribution is -2.17. The van der Waals surface area contributed by atoms with Gasteiger partial charge in [0.1, 0.15) is 0 Å². The number of hydrogen-bond acceptors (Lipinski definition) is 3. The zero-order valence-corrected chi connectivity index (χ0v) is 12.6. The maximum atomic E-state index is 11.9. The first-order valence-electron chi connectivity index (χ1n) is 6.38. The predicted molar refractivity (Wildman–Crippen MR) is 80.5 cm³/mol. The topological polar surface area (TPSA) is 59.3 Å². The molecule has 1 aromatic heterocycles. The molecule has 1 aromatic carbocycles. The summed E-state index contributed by atoms with van der Waals surface area (Å²) in [6, 6.07) is 4.15. The van der Waals surface area contributed by atoms with Crippen molar-refractivity contribution in [2.75, 3.05) is 0 Å². The molecule has 0 radical (unpaired) electrons. The van der Waals surface area contributed by atoms with E-state index >= 15 is 0 Å². The van der Waals surface area contributed by atoms with Gasteiger partial charge in [0.05, 0.1) is 12.1 Å². The Bertz CT molecular complexity index is 689. The van der Waals surface area contributed by atoms with Gasteiger partial charge in [0, 0.05) is 17.5 Å². The lowest BCUT2D eigenvalue weighted by atomic mass is 9.98. The van der Waals surface area contributed by atoms with Gasteiger partial charge in [-0.1, -0.05) is 29.0 Å². The summed E-state index contributed by atoms with van der Waals surface area (Å²) < 4.78 is 1.56. The number of benzene rings is 1. The minimum Gasteiger partial charge on any atom is -0.481 e. The molecule has 0 saturated heterocycles. The molecule has 0 saturated carbocycles. The molecule has 4 nitrogen and oxygen atoms in total. The first-order valence-corrected chi connectivity index (χ1v) is 7.26. The molecule has 1 N–H and O–H groups in total. The Kier molecular flexibility index (Phi) is 4.09. The Hall–Kier alpha value is -1.88. The maximum Gasteiger partial charge on any atom is 0.307 e. The number of aryl methyl sites for hydroxylation is 3. The van der Waals surface area contributed by atoms with E-state index in [1.54, 1.807) is 4.57 Å². The first-order chi connectivity index (χ1) is 9.40. The van der Waals surface area contributed by atoms with Crippen molar-refractivity contribution in [3.05, 3.63) is 43.9 Å². The monoisotopic (exact) mass is 291 g/mol. The largest absolute Gasteiger partial charge is 0.481 e. The Morgan fingerprint density at radius 1 is 1.25 bits per heavy atom. The quantitative estimate of drug-likeness (QED) is 0.942. The number of carbonyl (C=O) groups is 1. The van der Waals surface area contributed by atoms with Gasteiger partial charge in [-0.2, -0.15) is 0 Å². The molecule has 0 amide bonds. The molecule has 0 unspecified atom stereocenters. The zero-order valence-electron chi connectivity index (χ0n) is 11.8. The van der Waals surface area contributed by atoms with Crippen LogP contribution in [0, 0.1) is 20.8 Å². The van der Waals surface area contributed by atoms with Gasteiger partial charge in [-0.25, -0.2) is 0 Å². The van der Waals surface area contributed by atoms with Gasteiger partial charge < -0.3 is 5.11 Å². The summed E-state index contributed by atoms with van der Waals surface area (Å²) in [6.07, 6.45) is -0.0480. The number of carboxylic acid groups (broad SMARTS) is 1. The van der Waals surface area contributed by atoms with E-state index in [0.717, 1.165) is 33.7 Å². The number of carboxylic acids is 1. The van der Waals surface area contributed by atoms with Crippen LogP contribution >= 0.6 is 11.3 Å². The van der Waals surface area contributed by atoms with Crippen molar-refractivity contribution in [1.29, 1.82) is 0 Å². The maximum absolute atomic E-state index is 11.9. The summed E-state index contributed by atoms with van der Waals surface area (Å²) in [4.78, 5) is 22.5. The summed E-state index contributed by atoms with van der Waals surface area (Å²) in [7, 11) is 0. The molecule has 0 aliphatic rings. The van der Waals surface area contributed by atoms with Crippen LogP contribution in [0.4, 0.5) is 0 Å². The zero-order chi connectivity index (χ0) is 14.9. The highest BCUT2D eigenvalue weighted by molar-refractivity contribution is 7.07. The SMILES string of the molecule is Cc1cc(C)c(-c2csc(=O)n2CCC(=O)O)c(C)c1. The van der Waals surface area contributed by atoms with Crippen LogP contribution in [0.5, 0.6) is 0 Å². The van der Waals surface area contributed by atoms with Crippen LogP contribution < -0.4 is 4.87 Å². The number of aliphatic carboxylic acids is 1. The fourth-order valence-corrected chi connectivity index (χ4v) is 3.30. The molecule has 1 heterocycles. The van der Waals surface area contributed by atoms with Crippen molar-refractivity contribution in [3.8, 4) is 11.3 Å². The fraction of sp³-hybridized carbons (Fsp3) is 0.333. The van der Waals surface area contributed by atoms with Gasteiger partial charge in [0.25, 0.3) is 0 Å². The van der Waals surface area contributed by atoms with Gasteiger partial charge >= 0.3 is 10.8 Å². The van der Waals surface area contributed by atoms with Gasteiger partial charge in [0.2, 0.25) is 0 Å². The van der Waals surface area contributed by atoms with Crippen LogP contribution in [0.1, 0.15) is 23.1 Å². The van der Waals surface area contributed by atoms with Crippen molar-refractivity contribution in [3.63, 3.8) is 0 Å². The van der Waals surface area contributed by atoms with Crippen LogP contribution in [-0.4, -0.2) is 15.6 Å². The number of nitrogens with zero attached hydrogens (tertiary/aromatic N) is 1. The highest BCUT2D eigenvalue weighted by Crippen LogP contribution is 2.28. The molecule has 0 bridgehead atoms. The fourth-order valence-electron chi connectivity index (χ4n) is 2.53. The van der Waals surface area contributed by atoms with Crippen molar-refractivity contribution in [2.24, 2.45) is 0 Å². The Morgan fingerprint density at radius 3 is 2.40 bits per heavy atom. The number of rotatable bonds is 4. The second kappa shape index (κ2) is 5.63. The minimum atomic E-state index is -0.897. The normalized spacial score (nSPS) is 10.8. The Labute approximate surface area is 121 Å². The average molecular weight is 291 g/mol. The number of aromatic nitrogens is 1. The number of thiazole rings is 1. The molecular weight excluding hydrogens is 274 g/mol. The molecule has 0 spiro atoms. The summed E-state index contributed by atoms with van der Waals surface area (Å²) in [5, 5.41) is 10.6. The van der Waals surface area contributed by atoms with E-state index < -0.39 is 5.97 Å². The second-order valence-corrected chi connectivity index (χ2v) is 5.78. The molecule has 5 heteroatoms. The van der Waals surface area contributed by atoms with Crippen molar-refractivity contribution >= 4 is 17.3 Å². The Balaban J connectivity index is 2.54. The Morgan fingerprint density at radius 2 is 1.85 bits per heavy atom. The van der Waals surface area contributed by atoms with E-state index in [-0.39, 0.29) is 17.8 Å². The lowest BCUT2D eigenvalue weighted by Gasteiger charge is -2.13. The summed E-state index contributed by atoms with van der Waals surface area (Å²) in [5.41, 5.74) is 5.22. The molecule has 2 rings (SSSR count). The lowest BCUT2D eigenvalue weighted by molar-refractivity contribution is -0.137. The molecule has 0 aliphatic carbocycles. The van der Waals surface area contributed by atoms with Crippen LogP contribution in [0.2, 0.25) is 0 Å². The highest BCUT2D eigenvalue weighted by Gasteiger charge is 2.14. The van der Waals surface area contributed by atoms with Crippen molar-refractivity contribution in [2.45, 2.75) is 33.7 Å². The third-order valence-corrected chi connectivity index (χ3v) is 4.03. The third-order valence-electron chi connectivity index (χ3n) is 3.27. The van der Waals surface area contributed by atoms with E-state index in [0.29, 0.717) is 0 Å². The van der Waals surface area contributed by atoms with E-state index in [2.05, 4.69) is 12.1 Å². The molecule has 0 atom stereocenters. The second-order valence-electron chi connectivity index (χ2n) is 4.96. The summed E-state index contributed by atoms with van der Waals surface area (Å²) in [5.74, 6) is -0.897.